The summed E-state index contributed by atoms with van der Waals surface area (Å²) in [6, 6.07) is 0. The van der Waals surface area contributed by atoms with E-state index in [0.717, 1.165) is 25.8 Å². The number of nitrogens with one attached hydrogen (secondary N) is 1. The summed E-state index contributed by atoms with van der Waals surface area (Å²) in [6.07, 6.45) is 6.39. The molecular formula is C11H19NO2S. The maximum Gasteiger partial charge on any atom is 0.323 e. The van der Waals surface area contributed by atoms with Crippen LogP contribution in [-0.4, -0.2) is 34.2 Å². The van der Waals surface area contributed by atoms with Gasteiger partial charge in [-0.1, -0.05) is 6.42 Å². The molecule has 0 aromatic rings. The van der Waals surface area contributed by atoms with Crippen LogP contribution >= 0.6 is 11.8 Å². The summed E-state index contributed by atoms with van der Waals surface area (Å²) in [4.78, 5) is 11.3. The zero-order valence-corrected chi connectivity index (χ0v) is 9.81. The van der Waals surface area contributed by atoms with Gasteiger partial charge in [0.05, 0.1) is 0 Å². The summed E-state index contributed by atoms with van der Waals surface area (Å²) in [5.41, 5.74) is -0.602. The number of carbonyl (C=O) groups is 1. The minimum absolute atomic E-state index is 0.556. The molecule has 2 saturated heterocycles. The van der Waals surface area contributed by atoms with Crippen LogP contribution in [0.1, 0.15) is 38.5 Å². The van der Waals surface area contributed by atoms with Crippen LogP contribution in [0.5, 0.6) is 0 Å². The van der Waals surface area contributed by atoms with Gasteiger partial charge < -0.3 is 10.4 Å². The SMILES string of the molecule is O=C(O)C1(CC2CCCCS2)CCCN1. The number of carboxylic acids is 1. The second-order valence-corrected chi connectivity index (χ2v) is 6.02. The van der Waals surface area contributed by atoms with Gasteiger partial charge in [0.1, 0.15) is 5.54 Å². The van der Waals surface area contributed by atoms with Crippen LogP contribution in [0.25, 0.3) is 0 Å². The smallest absolute Gasteiger partial charge is 0.323 e. The number of thioether (sulfide) groups is 1. The summed E-state index contributed by atoms with van der Waals surface area (Å²) in [5.74, 6) is 0.562. The van der Waals surface area contributed by atoms with Gasteiger partial charge in [0.25, 0.3) is 0 Å². The molecule has 0 saturated carbocycles. The molecule has 2 unspecified atom stereocenters. The minimum Gasteiger partial charge on any atom is -0.480 e. The van der Waals surface area contributed by atoms with E-state index in [2.05, 4.69) is 5.32 Å². The van der Waals surface area contributed by atoms with Gasteiger partial charge in [-0.25, -0.2) is 0 Å². The molecule has 3 nitrogen and oxygen atoms in total. The third kappa shape index (κ3) is 2.48. The van der Waals surface area contributed by atoms with Crippen LogP contribution in [0, 0.1) is 0 Å². The van der Waals surface area contributed by atoms with E-state index < -0.39 is 11.5 Å². The van der Waals surface area contributed by atoms with Gasteiger partial charge in [0.15, 0.2) is 0 Å². The molecule has 0 aliphatic carbocycles. The Balaban J connectivity index is 1.96. The summed E-state index contributed by atoms with van der Waals surface area (Å²) in [6.45, 7) is 0.865. The quantitative estimate of drug-likeness (QED) is 0.775. The molecule has 0 aromatic heterocycles. The van der Waals surface area contributed by atoms with Crippen LogP contribution in [0.2, 0.25) is 0 Å². The molecule has 0 bridgehead atoms. The van der Waals surface area contributed by atoms with Crippen molar-refractivity contribution < 1.29 is 9.90 Å². The first-order valence-corrected chi connectivity index (χ1v) is 6.88. The predicted octanol–water partition coefficient (Wildman–Crippen LogP) is 1.87. The van der Waals surface area contributed by atoms with Crippen molar-refractivity contribution in [2.24, 2.45) is 0 Å². The topological polar surface area (TPSA) is 49.3 Å². The van der Waals surface area contributed by atoms with Crippen LogP contribution < -0.4 is 5.32 Å². The monoisotopic (exact) mass is 229 g/mol. The summed E-state index contributed by atoms with van der Waals surface area (Å²) >= 11 is 1.96. The summed E-state index contributed by atoms with van der Waals surface area (Å²) < 4.78 is 0. The lowest BCUT2D eigenvalue weighted by atomic mass is 9.90. The molecule has 4 heteroatoms. The zero-order chi connectivity index (χ0) is 10.7. The largest absolute Gasteiger partial charge is 0.480 e. The van der Waals surface area contributed by atoms with E-state index in [1.54, 1.807) is 0 Å². The van der Waals surface area contributed by atoms with Crippen molar-refractivity contribution in [3.8, 4) is 0 Å². The second kappa shape index (κ2) is 4.74. The molecule has 0 spiro atoms. The average Bonchev–Trinajstić information content (AvgIpc) is 2.69. The molecular weight excluding hydrogens is 210 g/mol. The van der Waals surface area contributed by atoms with E-state index >= 15 is 0 Å². The van der Waals surface area contributed by atoms with E-state index in [-0.39, 0.29) is 0 Å². The van der Waals surface area contributed by atoms with E-state index in [1.165, 1.54) is 25.0 Å². The Bertz CT molecular complexity index is 233. The molecule has 2 aliphatic rings. The zero-order valence-electron chi connectivity index (χ0n) is 9.00. The molecule has 15 heavy (non-hydrogen) atoms. The number of rotatable bonds is 3. The van der Waals surface area contributed by atoms with Gasteiger partial charge in [-0.2, -0.15) is 11.8 Å². The highest BCUT2D eigenvalue weighted by Crippen LogP contribution is 2.34. The molecule has 0 amide bonds. The Morgan fingerprint density at radius 1 is 1.47 bits per heavy atom. The molecule has 2 heterocycles. The van der Waals surface area contributed by atoms with E-state index in [1.807, 2.05) is 11.8 Å². The highest BCUT2D eigenvalue weighted by Gasteiger charge is 2.42. The van der Waals surface area contributed by atoms with Crippen LogP contribution in [0.4, 0.5) is 0 Å². The van der Waals surface area contributed by atoms with E-state index in [9.17, 15) is 9.90 Å². The van der Waals surface area contributed by atoms with Gasteiger partial charge in [-0.05, 0) is 44.4 Å². The first-order valence-electron chi connectivity index (χ1n) is 5.83. The van der Waals surface area contributed by atoms with Crippen molar-refractivity contribution in [1.82, 2.24) is 5.32 Å². The predicted molar refractivity (Wildman–Crippen MR) is 62.3 cm³/mol. The molecule has 2 N–H and O–H groups in total. The summed E-state index contributed by atoms with van der Waals surface area (Å²) in [7, 11) is 0. The number of hydrogen-bond acceptors (Lipinski definition) is 3. The van der Waals surface area contributed by atoms with Crippen molar-refractivity contribution >= 4 is 17.7 Å². The summed E-state index contributed by atoms with van der Waals surface area (Å²) in [5, 5.41) is 13.1. The van der Waals surface area contributed by atoms with E-state index in [4.69, 9.17) is 0 Å². The average molecular weight is 229 g/mol. The number of aliphatic carboxylic acids is 1. The Kier molecular flexibility index (Phi) is 3.57. The van der Waals surface area contributed by atoms with Crippen molar-refractivity contribution in [3.63, 3.8) is 0 Å². The molecule has 86 valence electrons. The van der Waals surface area contributed by atoms with Crippen molar-refractivity contribution in [2.75, 3.05) is 12.3 Å². The van der Waals surface area contributed by atoms with Crippen LogP contribution in [-0.2, 0) is 4.79 Å². The Morgan fingerprint density at radius 3 is 2.87 bits per heavy atom. The Labute approximate surface area is 95.0 Å². The van der Waals surface area contributed by atoms with Gasteiger partial charge >= 0.3 is 5.97 Å². The Morgan fingerprint density at radius 2 is 2.33 bits per heavy atom. The second-order valence-electron chi connectivity index (χ2n) is 4.61. The van der Waals surface area contributed by atoms with Crippen LogP contribution in [0.15, 0.2) is 0 Å². The van der Waals surface area contributed by atoms with Crippen molar-refractivity contribution in [3.05, 3.63) is 0 Å². The standard InChI is InChI=1S/C11H19NO2S/c13-10(14)11(5-3-6-12-11)8-9-4-1-2-7-15-9/h9,12H,1-8H2,(H,13,14). The lowest BCUT2D eigenvalue weighted by molar-refractivity contribution is -0.144. The highest BCUT2D eigenvalue weighted by atomic mass is 32.2. The fourth-order valence-corrected chi connectivity index (χ4v) is 4.05. The molecule has 2 atom stereocenters. The maximum atomic E-state index is 11.3. The van der Waals surface area contributed by atoms with Gasteiger partial charge in [-0.15, -0.1) is 0 Å². The first-order chi connectivity index (χ1) is 7.23. The van der Waals surface area contributed by atoms with E-state index in [0.29, 0.717) is 5.25 Å². The molecule has 2 aliphatic heterocycles. The van der Waals surface area contributed by atoms with Crippen molar-refractivity contribution in [2.45, 2.75) is 49.3 Å². The third-order valence-corrected chi connectivity index (χ3v) is 4.90. The number of carboxylic acid groups (broad SMARTS) is 1. The minimum atomic E-state index is -0.647. The third-order valence-electron chi connectivity index (χ3n) is 3.50. The fourth-order valence-electron chi connectivity index (χ4n) is 2.61. The first kappa shape index (κ1) is 11.3. The van der Waals surface area contributed by atoms with Gasteiger partial charge in [0.2, 0.25) is 0 Å². The Hall–Kier alpha value is -0.220. The lowest BCUT2D eigenvalue weighted by Gasteiger charge is -2.31. The van der Waals surface area contributed by atoms with Crippen molar-refractivity contribution in [1.29, 1.82) is 0 Å². The van der Waals surface area contributed by atoms with Crippen LogP contribution in [0.3, 0.4) is 0 Å². The highest BCUT2D eigenvalue weighted by molar-refractivity contribution is 7.99. The molecule has 2 rings (SSSR count). The molecule has 0 radical (unpaired) electrons. The molecule has 0 aromatic carbocycles. The molecule has 2 fully saturated rings. The number of hydrogen-bond donors (Lipinski definition) is 2. The van der Waals surface area contributed by atoms with Gasteiger partial charge in [-0.3, -0.25) is 4.79 Å². The lowest BCUT2D eigenvalue weighted by Crippen LogP contribution is -2.49. The van der Waals surface area contributed by atoms with Gasteiger partial charge in [0, 0.05) is 5.25 Å². The normalized spacial score (nSPS) is 36.7. The maximum absolute atomic E-state index is 11.3. The fraction of sp³-hybridized carbons (Fsp3) is 0.909.